The summed E-state index contributed by atoms with van der Waals surface area (Å²) in [4.78, 5) is 2.30. The zero-order chi connectivity index (χ0) is 14.9. The molecule has 0 aliphatic heterocycles. The van der Waals surface area contributed by atoms with Gasteiger partial charge in [-0.15, -0.1) is 0 Å². The fraction of sp³-hybridized carbons (Fsp3) is 1.00. The average Bonchev–Trinajstić information content (AvgIpc) is 2.46. The van der Waals surface area contributed by atoms with Crippen LogP contribution in [0.4, 0.5) is 0 Å². The summed E-state index contributed by atoms with van der Waals surface area (Å²) in [6.07, 6.45) is 13.8. The average molecular weight is 287 g/mol. The minimum Gasteiger partial charge on any atom is -0.395 e. The van der Waals surface area contributed by atoms with Crippen LogP contribution in [0.15, 0.2) is 0 Å². The lowest BCUT2D eigenvalue weighted by atomic mass is 10.1. The molecule has 0 amide bonds. The third-order valence-corrected chi connectivity index (χ3v) is 3.86. The Hall–Kier alpha value is -0.120. The zero-order valence-electron chi connectivity index (χ0n) is 13.9. The Morgan fingerprint density at radius 2 is 1.30 bits per heavy atom. The van der Waals surface area contributed by atoms with E-state index in [-0.39, 0.29) is 6.61 Å². The van der Waals surface area contributed by atoms with Crippen molar-refractivity contribution in [1.82, 2.24) is 4.90 Å². The van der Waals surface area contributed by atoms with Crippen LogP contribution in [0, 0.1) is 0 Å². The highest BCUT2D eigenvalue weighted by Gasteiger charge is 2.03. The molecule has 3 nitrogen and oxygen atoms in total. The summed E-state index contributed by atoms with van der Waals surface area (Å²) in [5.74, 6) is 0. The van der Waals surface area contributed by atoms with E-state index in [9.17, 15) is 0 Å². The van der Waals surface area contributed by atoms with Crippen molar-refractivity contribution >= 4 is 0 Å². The molecule has 0 saturated heterocycles. The second-order valence-electron chi connectivity index (χ2n) is 5.74. The standard InChI is InChI=1S/C17H37NO2/c1-3-4-5-6-7-8-9-10-11-12-13-18(14-16-19)15-17-20-2/h19H,3-17H2,1-2H3. The van der Waals surface area contributed by atoms with Gasteiger partial charge in [-0.25, -0.2) is 0 Å². The number of hydrogen-bond acceptors (Lipinski definition) is 3. The minimum absolute atomic E-state index is 0.251. The lowest BCUT2D eigenvalue weighted by Crippen LogP contribution is -2.31. The molecule has 0 heterocycles. The highest BCUT2D eigenvalue weighted by Crippen LogP contribution is 2.10. The van der Waals surface area contributed by atoms with Crippen molar-refractivity contribution in [3.05, 3.63) is 0 Å². The van der Waals surface area contributed by atoms with Gasteiger partial charge >= 0.3 is 0 Å². The smallest absolute Gasteiger partial charge is 0.0589 e. The first-order chi connectivity index (χ1) is 9.85. The number of rotatable bonds is 16. The van der Waals surface area contributed by atoms with E-state index in [2.05, 4.69) is 11.8 Å². The van der Waals surface area contributed by atoms with Gasteiger partial charge in [0.15, 0.2) is 0 Å². The molecule has 0 aromatic carbocycles. The SMILES string of the molecule is CCCCCCCCCCCCN(CCO)CCOC. The van der Waals surface area contributed by atoms with Crippen LogP contribution in [0.3, 0.4) is 0 Å². The van der Waals surface area contributed by atoms with Crippen LogP contribution in [0.5, 0.6) is 0 Å². The topological polar surface area (TPSA) is 32.7 Å². The monoisotopic (exact) mass is 287 g/mol. The Kier molecular flexibility index (Phi) is 16.8. The van der Waals surface area contributed by atoms with Gasteiger partial charge in [-0.1, -0.05) is 64.7 Å². The first kappa shape index (κ1) is 19.9. The summed E-state index contributed by atoms with van der Waals surface area (Å²) in [7, 11) is 1.73. The molecule has 0 atom stereocenters. The van der Waals surface area contributed by atoms with Crippen LogP contribution in [-0.4, -0.2) is 50.0 Å². The summed E-state index contributed by atoms with van der Waals surface area (Å²) in [5, 5.41) is 9.01. The van der Waals surface area contributed by atoms with E-state index < -0.39 is 0 Å². The van der Waals surface area contributed by atoms with Crippen LogP contribution in [0.25, 0.3) is 0 Å². The van der Waals surface area contributed by atoms with Gasteiger partial charge < -0.3 is 9.84 Å². The molecular weight excluding hydrogens is 250 g/mol. The maximum Gasteiger partial charge on any atom is 0.0589 e. The van der Waals surface area contributed by atoms with Crippen molar-refractivity contribution in [2.75, 3.05) is 40.0 Å². The predicted octanol–water partition coefficient (Wildman–Crippen LogP) is 3.85. The highest BCUT2D eigenvalue weighted by atomic mass is 16.5. The molecule has 0 fully saturated rings. The Balaban J connectivity index is 3.27. The lowest BCUT2D eigenvalue weighted by Gasteiger charge is -2.20. The van der Waals surface area contributed by atoms with E-state index in [4.69, 9.17) is 9.84 Å². The van der Waals surface area contributed by atoms with Gasteiger partial charge in [-0.3, -0.25) is 4.90 Å². The lowest BCUT2D eigenvalue weighted by molar-refractivity contribution is 0.129. The van der Waals surface area contributed by atoms with Crippen molar-refractivity contribution < 1.29 is 9.84 Å². The Morgan fingerprint density at radius 3 is 1.80 bits per heavy atom. The molecule has 0 rings (SSSR count). The summed E-state index contributed by atoms with van der Waals surface area (Å²) < 4.78 is 5.10. The van der Waals surface area contributed by atoms with Gasteiger partial charge in [-0.2, -0.15) is 0 Å². The molecule has 0 saturated carbocycles. The molecule has 0 aromatic heterocycles. The molecule has 3 heteroatoms. The minimum atomic E-state index is 0.251. The van der Waals surface area contributed by atoms with Crippen molar-refractivity contribution in [2.24, 2.45) is 0 Å². The summed E-state index contributed by atoms with van der Waals surface area (Å²) in [6, 6.07) is 0. The molecular formula is C17H37NO2. The Bertz CT molecular complexity index is 176. The number of ether oxygens (including phenoxy) is 1. The zero-order valence-corrected chi connectivity index (χ0v) is 13.9. The molecule has 0 spiro atoms. The molecule has 0 bridgehead atoms. The molecule has 122 valence electrons. The van der Waals surface area contributed by atoms with Crippen molar-refractivity contribution in [3.63, 3.8) is 0 Å². The Morgan fingerprint density at radius 1 is 0.750 bits per heavy atom. The van der Waals surface area contributed by atoms with E-state index in [1.54, 1.807) is 7.11 Å². The molecule has 1 N–H and O–H groups in total. The van der Waals surface area contributed by atoms with Gasteiger partial charge in [0.25, 0.3) is 0 Å². The molecule has 0 unspecified atom stereocenters. The fourth-order valence-electron chi connectivity index (χ4n) is 2.52. The summed E-state index contributed by atoms with van der Waals surface area (Å²) in [6.45, 7) is 6.10. The predicted molar refractivity (Wildman–Crippen MR) is 87.2 cm³/mol. The van der Waals surface area contributed by atoms with Gasteiger partial charge in [0.1, 0.15) is 0 Å². The van der Waals surface area contributed by atoms with Crippen LogP contribution >= 0.6 is 0 Å². The summed E-state index contributed by atoms with van der Waals surface area (Å²) >= 11 is 0. The normalized spacial score (nSPS) is 11.4. The third kappa shape index (κ3) is 14.3. The molecule has 0 aliphatic rings. The van der Waals surface area contributed by atoms with Crippen molar-refractivity contribution in [1.29, 1.82) is 0 Å². The van der Waals surface area contributed by atoms with Crippen LogP contribution in [-0.2, 0) is 4.74 Å². The highest BCUT2D eigenvalue weighted by molar-refractivity contribution is 4.57. The second-order valence-corrected chi connectivity index (χ2v) is 5.74. The first-order valence-electron chi connectivity index (χ1n) is 8.67. The molecule has 0 aliphatic carbocycles. The van der Waals surface area contributed by atoms with E-state index in [1.807, 2.05) is 0 Å². The maximum absolute atomic E-state index is 9.01. The summed E-state index contributed by atoms with van der Waals surface area (Å²) in [5.41, 5.74) is 0. The van der Waals surface area contributed by atoms with Crippen LogP contribution < -0.4 is 0 Å². The number of hydrogen-bond donors (Lipinski definition) is 1. The van der Waals surface area contributed by atoms with Gasteiger partial charge in [0.2, 0.25) is 0 Å². The molecule has 0 aromatic rings. The number of unbranched alkanes of at least 4 members (excludes halogenated alkanes) is 9. The number of aliphatic hydroxyl groups excluding tert-OH is 1. The van der Waals surface area contributed by atoms with E-state index in [1.165, 1.54) is 64.2 Å². The Labute approximate surface area is 126 Å². The van der Waals surface area contributed by atoms with Crippen molar-refractivity contribution in [2.45, 2.75) is 71.1 Å². The number of methoxy groups -OCH3 is 1. The number of nitrogens with zero attached hydrogens (tertiary/aromatic N) is 1. The fourth-order valence-corrected chi connectivity index (χ4v) is 2.52. The largest absolute Gasteiger partial charge is 0.395 e. The van der Waals surface area contributed by atoms with Crippen LogP contribution in [0.1, 0.15) is 71.1 Å². The molecule has 20 heavy (non-hydrogen) atoms. The van der Waals surface area contributed by atoms with E-state index >= 15 is 0 Å². The quantitative estimate of drug-likeness (QED) is 0.438. The number of aliphatic hydroxyl groups is 1. The second kappa shape index (κ2) is 16.9. The maximum atomic E-state index is 9.01. The van der Waals surface area contributed by atoms with Crippen molar-refractivity contribution in [3.8, 4) is 0 Å². The van der Waals surface area contributed by atoms with Gasteiger partial charge in [0, 0.05) is 20.2 Å². The van der Waals surface area contributed by atoms with E-state index in [0.717, 1.165) is 26.2 Å². The van der Waals surface area contributed by atoms with Gasteiger partial charge in [0.05, 0.1) is 13.2 Å². The van der Waals surface area contributed by atoms with Crippen LogP contribution in [0.2, 0.25) is 0 Å². The van der Waals surface area contributed by atoms with E-state index in [0.29, 0.717) is 0 Å². The first-order valence-corrected chi connectivity index (χ1v) is 8.67. The molecule has 0 radical (unpaired) electrons. The van der Waals surface area contributed by atoms with Gasteiger partial charge in [-0.05, 0) is 13.0 Å². The third-order valence-electron chi connectivity index (χ3n) is 3.86.